The smallest absolute Gasteiger partial charge is 0.304 e. The van der Waals surface area contributed by atoms with E-state index in [1.165, 1.54) is 6.92 Å². The van der Waals surface area contributed by atoms with Crippen LogP contribution < -0.4 is 5.32 Å². The second kappa shape index (κ2) is 5.24. The average molecular weight is 287 g/mol. The quantitative estimate of drug-likeness (QED) is 0.488. The predicted octanol–water partition coefficient (Wildman–Crippen LogP) is 2.03. The average Bonchev–Trinajstić information content (AvgIpc) is 2.12. The summed E-state index contributed by atoms with van der Waals surface area (Å²) in [5, 5.41) is 2.66. The van der Waals surface area contributed by atoms with Gasteiger partial charge in [0.2, 0.25) is 5.91 Å². The summed E-state index contributed by atoms with van der Waals surface area (Å²) in [6.07, 6.45) is -0.802. The fourth-order valence-corrected chi connectivity index (χ4v) is 3.25. The summed E-state index contributed by atoms with van der Waals surface area (Å²) in [5.74, 6) is -0.912. The largest absolute Gasteiger partial charge is 0.441 e. The van der Waals surface area contributed by atoms with E-state index in [0.29, 0.717) is 0 Å². The topological polar surface area (TPSA) is 64.6 Å². The van der Waals surface area contributed by atoms with Gasteiger partial charge in [-0.25, -0.2) is 0 Å². The van der Waals surface area contributed by atoms with Crippen LogP contribution in [-0.2, 0) is 18.8 Å². The lowest BCUT2D eigenvalue weighted by Crippen LogP contribution is -2.65. The Hall–Kier alpha value is -0.883. The lowest BCUT2D eigenvalue weighted by Gasteiger charge is -2.44. The number of esters is 1. The summed E-state index contributed by atoms with van der Waals surface area (Å²) in [4.78, 5) is 22.6. The number of amides is 1. The first-order chi connectivity index (χ1) is 8.45. The van der Waals surface area contributed by atoms with E-state index in [1.807, 2.05) is 6.92 Å². The Morgan fingerprint density at radius 3 is 2.26 bits per heavy atom. The molecular weight excluding hydrogens is 262 g/mol. The third kappa shape index (κ3) is 3.57. The van der Waals surface area contributed by atoms with Gasteiger partial charge in [0.15, 0.2) is 14.5 Å². The molecule has 0 aromatic heterocycles. The van der Waals surface area contributed by atoms with Crippen molar-refractivity contribution >= 4 is 20.2 Å². The first-order valence-corrected chi connectivity index (χ1v) is 9.52. The lowest BCUT2D eigenvalue weighted by molar-refractivity contribution is -0.173. The normalized spacial score (nSPS) is 25.3. The van der Waals surface area contributed by atoms with E-state index in [4.69, 9.17) is 9.16 Å². The molecule has 6 heteroatoms. The molecule has 3 atom stereocenters. The molecule has 0 bridgehead atoms. The highest BCUT2D eigenvalue weighted by molar-refractivity contribution is 6.74. The Morgan fingerprint density at radius 2 is 1.89 bits per heavy atom. The molecule has 0 aliphatic carbocycles. The Kier molecular flexibility index (Phi) is 4.46. The van der Waals surface area contributed by atoms with E-state index in [-0.39, 0.29) is 17.0 Å². The number of nitrogens with one attached hydrogen (secondary N) is 1. The standard InChI is InChI=1S/C13H25NO4Si/c1-8(18-19(6,7)13(3,4)5)10-11(16)14-12(10)17-9(2)15/h8,10,12H,1-7H3,(H,14,16)/t8?,10-,12?/m0/s1. The van der Waals surface area contributed by atoms with Crippen molar-refractivity contribution in [2.45, 2.75) is 65.1 Å². The zero-order chi connectivity index (χ0) is 15.0. The molecule has 1 amide bonds. The van der Waals surface area contributed by atoms with Gasteiger partial charge in [0.05, 0.1) is 6.10 Å². The molecule has 1 rings (SSSR count). The van der Waals surface area contributed by atoms with Crippen molar-refractivity contribution in [1.29, 1.82) is 0 Å². The van der Waals surface area contributed by atoms with Gasteiger partial charge in [0, 0.05) is 6.92 Å². The number of hydrogen-bond donors (Lipinski definition) is 1. The Labute approximate surface area is 116 Å². The Balaban J connectivity index is 2.69. The molecule has 1 saturated heterocycles. The van der Waals surface area contributed by atoms with Crippen LogP contribution in [0.3, 0.4) is 0 Å². The molecule has 1 N–H and O–H groups in total. The van der Waals surface area contributed by atoms with Gasteiger partial charge < -0.3 is 14.5 Å². The van der Waals surface area contributed by atoms with Crippen LogP contribution in [0.25, 0.3) is 0 Å². The van der Waals surface area contributed by atoms with Crippen molar-refractivity contribution in [3.63, 3.8) is 0 Å². The minimum absolute atomic E-state index is 0.0818. The summed E-state index contributed by atoms with van der Waals surface area (Å²) < 4.78 is 11.2. The number of ether oxygens (including phenoxy) is 1. The van der Waals surface area contributed by atoms with Gasteiger partial charge >= 0.3 is 5.97 Å². The zero-order valence-electron chi connectivity index (χ0n) is 12.9. The van der Waals surface area contributed by atoms with Crippen molar-refractivity contribution in [1.82, 2.24) is 5.32 Å². The highest BCUT2D eigenvalue weighted by Gasteiger charge is 2.49. The molecule has 19 heavy (non-hydrogen) atoms. The number of carbonyl (C=O) groups is 2. The molecule has 5 nitrogen and oxygen atoms in total. The molecule has 1 fully saturated rings. The van der Waals surface area contributed by atoms with E-state index >= 15 is 0 Å². The molecular formula is C13H25NO4Si. The Morgan fingerprint density at radius 1 is 1.37 bits per heavy atom. The summed E-state index contributed by atoms with van der Waals surface area (Å²) >= 11 is 0. The maximum absolute atomic E-state index is 11.6. The van der Waals surface area contributed by atoms with Crippen LogP contribution in [0.1, 0.15) is 34.6 Å². The molecule has 0 saturated carbocycles. The van der Waals surface area contributed by atoms with E-state index in [0.717, 1.165) is 0 Å². The van der Waals surface area contributed by atoms with Crippen LogP contribution in [0.4, 0.5) is 0 Å². The van der Waals surface area contributed by atoms with Crippen LogP contribution in [0.2, 0.25) is 18.1 Å². The van der Waals surface area contributed by atoms with Crippen molar-refractivity contribution in [2.75, 3.05) is 0 Å². The predicted molar refractivity (Wildman–Crippen MR) is 74.9 cm³/mol. The fraction of sp³-hybridized carbons (Fsp3) is 0.846. The zero-order valence-corrected chi connectivity index (χ0v) is 13.9. The number of β-lactam (4-membered cyclic amide) rings is 1. The molecule has 110 valence electrons. The van der Waals surface area contributed by atoms with Crippen molar-refractivity contribution in [3.05, 3.63) is 0 Å². The van der Waals surface area contributed by atoms with Gasteiger partial charge in [-0.3, -0.25) is 9.59 Å². The third-order valence-electron chi connectivity index (χ3n) is 4.00. The molecule has 1 heterocycles. The highest BCUT2D eigenvalue weighted by atomic mass is 28.4. The van der Waals surface area contributed by atoms with Gasteiger partial charge in [0.1, 0.15) is 5.92 Å². The van der Waals surface area contributed by atoms with E-state index in [2.05, 4.69) is 39.2 Å². The first kappa shape index (κ1) is 16.2. The van der Waals surface area contributed by atoms with Crippen molar-refractivity contribution < 1.29 is 18.8 Å². The number of rotatable bonds is 4. The van der Waals surface area contributed by atoms with Crippen LogP contribution in [-0.4, -0.2) is 32.5 Å². The number of carbonyl (C=O) groups excluding carboxylic acids is 2. The summed E-state index contributed by atoms with van der Waals surface area (Å²) in [5.41, 5.74) is 0. The van der Waals surface area contributed by atoms with Crippen molar-refractivity contribution in [3.8, 4) is 0 Å². The van der Waals surface area contributed by atoms with E-state index in [1.54, 1.807) is 0 Å². The molecule has 0 spiro atoms. The molecule has 0 aromatic carbocycles. The highest BCUT2D eigenvalue weighted by Crippen LogP contribution is 2.39. The lowest BCUT2D eigenvalue weighted by atomic mass is 9.93. The molecule has 2 unspecified atom stereocenters. The van der Waals surface area contributed by atoms with Crippen LogP contribution in [0.5, 0.6) is 0 Å². The fourth-order valence-electron chi connectivity index (χ4n) is 1.82. The molecule has 1 aliphatic rings. The minimum Gasteiger partial charge on any atom is -0.441 e. The van der Waals surface area contributed by atoms with E-state index < -0.39 is 26.4 Å². The maximum atomic E-state index is 11.6. The summed E-state index contributed by atoms with van der Waals surface area (Å²) in [7, 11) is -1.93. The number of hydrogen-bond acceptors (Lipinski definition) is 4. The monoisotopic (exact) mass is 287 g/mol. The second-order valence-corrected chi connectivity index (χ2v) is 11.4. The van der Waals surface area contributed by atoms with Crippen LogP contribution >= 0.6 is 0 Å². The molecule has 0 radical (unpaired) electrons. The van der Waals surface area contributed by atoms with Gasteiger partial charge in [-0.1, -0.05) is 20.8 Å². The van der Waals surface area contributed by atoms with Gasteiger partial charge in [-0.05, 0) is 25.1 Å². The summed E-state index contributed by atoms with van der Waals surface area (Å²) in [6, 6.07) is 0. The van der Waals surface area contributed by atoms with Gasteiger partial charge in [0.25, 0.3) is 0 Å². The third-order valence-corrected chi connectivity index (χ3v) is 8.57. The van der Waals surface area contributed by atoms with E-state index in [9.17, 15) is 9.59 Å². The first-order valence-electron chi connectivity index (χ1n) is 6.61. The van der Waals surface area contributed by atoms with Crippen LogP contribution in [0.15, 0.2) is 0 Å². The SMILES string of the molecule is CC(=O)OC1NC(=O)[C@@H]1C(C)O[Si](C)(C)C(C)(C)C. The van der Waals surface area contributed by atoms with Gasteiger partial charge in [-0.15, -0.1) is 0 Å². The Bertz CT molecular complexity index is 375. The second-order valence-electron chi connectivity index (χ2n) is 6.65. The van der Waals surface area contributed by atoms with Crippen molar-refractivity contribution in [2.24, 2.45) is 5.92 Å². The van der Waals surface area contributed by atoms with Crippen LogP contribution in [0, 0.1) is 5.92 Å². The minimum atomic E-state index is -1.93. The maximum Gasteiger partial charge on any atom is 0.304 e. The molecule has 1 aliphatic heterocycles. The summed E-state index contributed by atoms with van der Waals surface area (Å²) in [6.45, 7) is 13.9. The molecule has 0 aromatic rings. The van der Waals surface area contributed by atoms with Gasteiger partial charge in [-0.2, -0.15) is 0 Å².